The predicted molar refractivity (Wildman–Crippen MR) is 79.9 cm³/mol. The molecule has 1 fully saturated rings. The second-order valence-corrected chi connectivity index (χ2v) is 8.23. The van der Waals surface area contributed by atoms with Crippen molar-refractivity contribution >= 4 is 21.4 Å². The lowest BCUT2D eigenvalue weighted by molar-refractivity contribution is 0.402. The molecule has 0 amide bonds. The molecule has 1 saturated carbocycles. The van der Waals surface area contributed by atoms with Gasteiger partial charge in [0.1, 0.15) is 0 Å². The summed E-state index contributed by atoms with van der Waals surface area (Å²) in [5.74, 6) is 0.221. The molecule has 1 unspecified atom stereocenters. The molecule has 4 nitrogen and oxygen atoms in total. The molecule has 1 N–H and O–H groups in total. The van der Waals surface area contributed by atoms with Crippen molar-refractivity contribution < 1.29 is 8.42 Å². The third-order valence-electron chi connectivity index (χ3n) is 3.53. The van der Waals surface area contributed by atoms with Crippen LogP contribution in [0.1, 0.15) is 37.1 Å². The summed E-state index contributed by atoms with van der Waals surface area (Å²) < 4.78 is 26.0. The first-order chi connectivity index (χ1) is 9.00. The molecular weight excluding hydrogens is 280 g/mol. The summed E-state index contributed by atoms with van der Waals surface area (Å²) in [5, 5.41) is 5.32. The van der Waals surface area contributed by atoms with E-state index < -0.39 is 10.0 Å². The molecular formula is C13H22N2O2S2. The average molecular weight is 302 g/mol. The zero-order chi connectivity index (χ0) is 13.9. The molecule has 0 spiro atoms. The fourth-order valence-electron chi connectivity index (χ4n) is 1.94. The molecule has 1 aliphatic carbocycles. The van der Waals surface area contributed by atoms with E-state index in [2.05, 4.69) is 5.32 Å². The van der Waals surface area contributed by atoms with Gasteiger partial charge in [-0.3, -0.25) is 0 Å². The highest BCUT2D eigenvalue weighted by atomic mass is 32.2. The molecule has 1 aromatic heterocycles. The van der Waals surface area contributed by atoms with E-state index in [-0.39, 0.29) is 11.8 Å². The van der Waals surface area contributed by atoms with Gasteiger partial charge in [0, 0.05) is 18.0 Å². The van der Waals surface area contributed by atoms with Crippen LogP contribution in [0.15, 0.2) is 17.5 Å². The first kappa shape index (κ1) is 15.0. The minimum absolute atomic E-state index is 0.0820. The van der Waals surface area contributed by atoms with E-state index in [4.69, 9.17) is 0 Å². The molecule has 0 bridgehead atoms. The van der Waals surface area contributed by atoms with E-state index in [1.165, 1.54) is 17.1 Å². The van der Waals surface area contributed by atoms with Crippen molar-refractivity contribution in [2.45, 2.75) is 38.3 Å². The topological polar surface area (TPSA) is 49.4 Å². The highest BCUT2D eigenvalue weighted by Crippen LogP contribution is 2.25. The monoisotopic (exact) mass is 302 g/mol. The van der Waals surface area contributed by atoms with E-state index >= 15 is 0 Å². The van der Waals surface area contributed by atoms with Crippen LogP contribution < -0.4 is 5.32 Å². The summed E-state index contributed by atoms with van der Waals surface area (Å²) in [6, 6.07) is 4.50. The molecule has 0 radical (unpaired) electrons. The molecule has 2 rings (SSSR count). The van der Waals surface area contributed by atoms with Crippen molar-refractivity contribution in [3.63, 3.8) is 0 Å². The molecule has 1 atom stereocenters. The van der Waals surface area contributed by atoms with Crippen LogP contribution in [0.2, 0.25) is 0 Å². The fraction of sp³-hybridized carbons (Fsp3) is 0.692. The Morgan fingerprint density at radius 1 is 1.53 bits per heavy atom. The van der Waals surface area contributed by atoms with Gasteiger partial charge in [-0.2, -0.15) is 4.31 Å². The van der Waals surface area contributed by atoms with Gasteiger partial charge >= 0.3 is 0 Å². The Balaban J connectivity index is 1.83. The summed E-state index contributed by atoms with van der Waals surface area (Å²) in [6.45, 7) is 2.73. The SMILES string of the molecule is CC(c1cccs1)N(C)S(=O)(=O)CCCNC1CC1. The summed E-state index contributed by atoms with van der Waals surface area (Å²) in [6.07, 6.45) is 3.16. The van der Waals surface area contributed by atoms with Crippen molar-refractivity contribution in [3.05, 3.63) is 22.4 Å². The van der Waals surface area contributed by atoms with Crippen LogP contribution >= 0.6 is 11.3 Å². The van der Waals surface area contributed by atoms with Crippen LogP contribution in [0.5, 0.6) is 0 Å². The Morgan fingerprint density at radius 3 is 2.84 bits per heavy atom. The fourth-order valence-corrected chi connectivity index (χ4v) is 4.23. The van der Waals surface area contributed by atoms with E-state index in [1.54, 1.807) is 18.4 Å². The number of nitrogens with zero attached hydrogens (tertiary/aromatic N) is 1. The van der Waals surface area contributed by atoms with Gasteiger partial charge in [0.15, 0.2) is 0 Å². The van der Waals surface area contributed by atoms with E-state index in [0.717, 1.165) is 11.4 Å². The number of rotatable bonds is 8. The first-order valence-corrected chi connectivity index (χ1v) is 9.22. The Kier molecular flexibility index (Phi) is 5.00. The maximum atomic E-state index is 12.2. The molecule has 0 saturated heterocycles. The van der Waals surface area contributed by atoms with E-state index in [0.29, 0.717) is 12.5 Å². The standard InChI is InChI=1S/C13H22N2O2S2/c1-11(13-5-3-9-18-13)15(2)19(16,17)10-4-8-14-12-6-7-12/h3,5,9,11-12,14H,4,6-8,10H2,1-2H3. The predicted octanol–water partition coefficient (Wildman–Crippen LogP) is 2.21. The zero-order valence-electron chi connectivity index (χ0n) is 11.5. The Hall–Kier alpha value is -0.430. The van der Waals surface area contributed by atoms with Crippen LogP contribution in [0, 0.1) is 0 Å². The van der Waals surface area contributed by atoms with Gasteiger partial charge in [-0.1, -0.05) is 6.07 Å². The maximum Gasteiger partial charge on any atom is 0.214 e. The normalized spacial score (nSPS) is 17.8. The van der Waals surface area contributed by atoms with Gasteiger partial charge in [0.25, 0.3) is 0 Å². The van der Waals surface area contributed by atoms with Gasteiger partial charge in [-0.25, -0.2) is 8.42 Å². The van der Waals surface area contributed by atoms with E-state index in [1.807, 2.05) is 24.4 Å². The average Bonchev–Trinajstić information content (AvgIpc) is 3.04. The number of thiophene rings is 1. The molecule has 0 aliphatic heterocycles. The number of hydrogen-bond acceptors (Lipinski definition) is 4. The van der Waals surface area contributed by atoms with Gasteiger partial charge < -0.3 is 5.32 Å². The molecule has 1 aliphatic rings. The highest BCUT2D eigenvalue weighted by Gasteiger charge is 2.25. The molecule has 19 heavy (non-hydrogen) atoms. The maximum absolute atomic E-state index is 12.2. The molecule has 0 aromatic carbocycles. The smallest absolute Gasteiger partial charge is 0.214 e. The van der Waals surface area contributed by atoms with Crippen molar-refractivity contribution in [1.82, 2.24) is 9.62 Å². The molecule has 1 heterocycles. The van der Waals surface area contributed by atoms with Crippen molar-refractivity contribution in [2.75, 3.05) is 19.3 Å². The quantitative estimate of drug-likeness (QED) is 0.749. The van der Waals surface area contributed by atoms with Crippen molar-refractivity contribution in [1.29, 1.82) is 0 Å². The summed E-state index contributed by atoms with van der Waals surface area (Å²) in [5.41, 5.74) is 0. The summed E-state index contributed by atoms with van der Waals surface area (Å²) in [4.78, 5) is 1.09. The Bertz CT molecular complexity index is 481. The van der Waals surface area contributed by atoms with Crippen molar-refractivity contribution in [3.8, 4) is 0 Å². The second kappa shape index (κ2) is 6.35. The first-order valence-electron chi connectivity index (χ1n) is 6.73. The highest BCUT2D eigenvalue weighted by molar-refractivity contribution is 7.89. The number of hydrogen-bond donors (Lipinski definition) is 1. The summed E-state index contributed by atoms with van der Waals surface area (Å²) >= 11 is 1.60. The zero-order valence-corrected chi connectivity index (χ0v) is 13.1. The van der Waals surface area contributed by atoms with Crippen molar-refractivity contribution in [2.24, 2.45) is 0 Å². The molecule has 1 aromatic rings. The van der Waals surface area contributed by atoms with Gasteiger partial charge in [0.05, 0.1) is 11.8 Å². The van der Waals surface area contributed by atoms with Crippen LogP contribution in [-0.2, 0) is 10.0 Å². The van der Waals surface area contributed by atoms with Gasteiger partial charge in [-0.05, 0) is 44.2 Å². The van der Waals surface area contributed by atoms with E-state index in [9.17, 15) is 8.42 Å². The third kappa shape index (κ3) is 4.27. The van der Waals surface area contributed by atoms with Crippen LogP contribution in [0.3, 0.4) is 0 Å². The van der Waals surface area contributed by atoms with Crippen LogP contribution in [-0.4, -0.2) is 38.1 Å². The molecule has 6 heteroatoms. The minimum Gasteiger partial charge on any atom is -0.314 e. The van der Waals surface area contributed by atoms with Crippen LogP contribution in [0.25, 0.3) is 0 Å². The van der Waals surface area contributed by atoms with Crippen LogP contribution in [0.4, 0.5) is 0 Å². The lowest BCUT2D eigenvalue weighted by atomic mass is 10.3. The number of sulfonamides is 1. The lowest BCUT2D eigenvalue weighted by Crippen LogP contribution is -2.32. The molecule has 108 valence electrons. The van der Waals surface area contributed by atoms with Gasteiger partial charge in [0.2, 0.25) is 10.0 Å². The second-order valence-electron chi connectivity index (χ2n) is 5.11. The Labute approximate surface area is 119 Å². The summed E-state index contributed by atoms with van der Waals surface area (Å²) in [7, 11) is -1.49. The third-order valence-corrected chi connectivity index (χ3v) is 6.57. The van der Waals surface area contributed by atoms with Gasteiger partial charge in [-0.15, -0.1) is 11.3 Å². The largest absolute Gasteiger partial charge is 0.314 e. The minimum atomic E-state index is -3.16. The Morgan fingerprint density at radius 2 is 2.26 bits per heavy atom. The number of nitrogens with one attached hydrogen (secondary N) is 1. The lowest BCUT2D eigenvalue weighted by Gasteiger charge is -2.23.